The second-order valence-electron chi connectivity index (χ2n) is 7.25. The van der Waals surface area contributed by atoms with Crippen molar-refractivity contribution in [2.45, 2.75) is 12.5 Å². The third-order valence-corrected chi connectivity index (χ3v) is 5.12. The minimum atomic E-state index is -0.274. The average Bonchev–Trinajstić information content (AvgIpc) is 3.37. The molecule has 1 aliphatic heterocycles. The van der Waals surface area contributed by atoms with Crippen molar-refractivity contribution in [3.8, 4) is 5.75 Å². The molecular formula is C22H23FN4O2. The molecule has 150 valence electrons. The number of nitrogens with one attached hydrogen (secondary N) is 2. The average molecular weight is 394 g/mol. The monoisotopic (exact) mass is 394 g/mol. The number of halogens is 1. The number of carbonyl (C=O) groups is 1. The number of anilines is 1. The van der Waals surface area contributed by atoms with E-state index < -0.39 is 0 Å². The Kier molecular flexibility index (Phi) is 5.57. The van der Waals surface area contributed by atoms with Gasteiger partial charge in [-0.05, 0) is 35.4 Å². The van der Waals surface area contributed by atoms with Crippen molar-refractivity contribution < 1.29 is 13.9 Å². The molecule has 6 nitrogen and oxygen atoms in total. The number of rotatable bonds is 6. The predicted octanol–water partition coefficient (Wildman–Crippen LogP) is 3.08. The van der Waals surface area contributed by atoms with Crippen LogP contribution in [-0.2, 0) is 18.4 Å². The normalized spacial score (nSPS) is 18.6. The van der Waals surface area contributed by atoms with Crippen LogP contribution in [0.2, 0.25) is 0 Å². The van der Waals surface area contributed by atoms with E-state index in [1.54, 1.807) is 22.9 Å². The van der Waals surface area contributed by atoms with Crippen molar-refractivity contribution in [3.05, 3.63) is 77.9 Å². The molecule has 1 saturated heterocycles. The van der Waals surface area contributed by atoms with E-state index in [1.807, 2.05) is 37.6 Å². The number of aromatic nitrogens is 2. The predicted molar refractivity (Wildman–Crippen MR) is 108 cm³/mol. The van der Waals surface area contributed by atoms with Gasteiger partial charge in [-0.3, -0.25) is 9.48 Å². The fourth-order valence-corrected chi connectivity index (χ4v) is 3.58. The third kappa shape index (κ3) is 4.63. The molecule has 0 unspecified atom stereocenters. The molecule has 1 aliphatic rings. The highest BCUT2D eigenvalue weighted by Gasteiger charge is 2.34. The zero-order chi connectivity index (χ0) is 20.2. The molecule has 0 radical (unpaired) electrons. The van der Waals surface area contributed by atoms with E-state index in [-0.39, 0.29) is 23.6 Å². The lowest BCUT2D eigenvalue weighted by atomic mass is 9.90. The highest BCUT2D eigenvalue weighted by Crippen LogP contribution is 2.29. The molecule has 2 heterocycles. The van der Waals surface area contributed by atoms with Crippen LogP contribution in [0.1, 0.15) is 17.0 Å². The summed E-state index contributed by atoms with van der Waals surface area (Å²) in [5, 5.41) is 10.5. The van der Waals surface area contributed by atoms with Crippen LogP contribution in [-0.4, -0.2) is 28.8 Å². The molecular weight excluding hydrogens is 371 g/mol. The molecule has 0 bridgehead atoms. The lowest BCUT2D eigenvalue weighted by molar-refractivity contribution is -0.119. The summed E-state index contributed by atoms with van der Waals surface area (Å²) in [5.74, 6) is 0.272. The lowest BCUT2D eigenvalue weighted by Crippen LogP contribution is -2.28. The second kappa shape index (κ2) is 8.45. The first-order valence-electron chi connectivity index (χ1n) is 9.56. The Hall–Kier alpha value is -3.19. The van der Waals surface area contributed by atoms with E-state index in [2.05, 4.69) is 15.7 Å². The third-order valence-electron chi connectivity index (χ3n) is 5.12. The van der Waals surface area contributed by atoms with Gasteiger partial charge in [0, 0.05) is 44.0 Å². The van der Waals surface area contributed by atoms with Crippen molar-refractivity contribution in [1.29, 1.82) is 0 Å². The van der Waals surface area contributed by atoms with Crippen molar-refractivity contribution in [2.24, 2.45) is 13.0 Å². The standard InChI is InChI=1S/C22H23FN4O2/c1-27-13-16(10-25-27)20-11-24-12-21(20)22(28)26-18-3-2-4-19(9-18)29-14-15-5-7-17(23)8-6-15/h2-10,13,20-21,24H,11-12,14H2,1H3,(H,26,28)/t20-,21+/m1/s1. The lowest BCUT2D eigenvalue weighted by Gasteiger charge is -2.17. The minimum Gasteiger partial charge on any atom is -0.489 e. The van der Waals surface area contributed by atoms with Gasteiger partial charge in [0.05, 0.1) is 12.1 Å². The first kappa shape index (κ1) is 19.1. The number of aryl methyl sites for hydroxylation is 1. The molecule has 7 heteroatoms. The molecule has 29 heavy (non-hydrogen) atoms. The van der Waals surface area contributed by atoms with E-state index >= 15 is 0 Å². The number of ether oxygens (including phenoxy) is 1. The molecule has 0 saturated carbocycles. The van der Waals surface area contributed by atoms with Gasteiger partial charge < -0.3 is 15.4 Å². The van der Waals surface area contributed by atoms with E-state index in [4.69, 9.17) is 4.74 Å². The van der Waals surface area contributed by atoms with Gasteiger partial charge in [0.2, 0.25) is 5.91 Å². The van der Waals surface area contributed by atoms with Gasteiger partial charge in [-0.1, -0.05) is 18.2 Å². The molecule has 0 aliphatic carbocycles. The summed E-state index contributed by atoms with van der Waals surface area (Å²) >= 11 is 0. The number of hydrogen-bond donors (Lipinski definition) is 2. The van der Waals surface area contributed by atoms with Crippen molar-refractivity contribution in [2.75, 3.05) is 18.4 Å². The number of benzene rings is 2. The maximum absolute atomic E-state index is 13.0. The summed E-state index contributed by atoms with van der Waals surface area (Å²) in [4.78, 5) is 12.9. The fraction of sp³-hybridized carbons (Fsp3) is 0.273. The fourth-order valence-electron chi connectivity index (χ4n) is 3.58. The Morgan fingerprint density at radius 2 is 2.10 bits per heavy atom. The zero-order valence-corrected chi connectivity index (χ0v) is 16.1. The van der Waals surface area contributed by atoms with Crippen LogP contribution in [0.15, 0.2) is 60.9 Å². The zero-order valence-electron chi connectivity index (χ0n) is 16.1. The van der Waals surface area contributed by atoms with Crippen molar-refractivity contribution in [3.63, 3.8) is 0 Å². The summed E-state index contributed by atoms with van der Waals surface area (Å²) in [6, 6.07) is 13.5. The summed E-state index contributed by atoms with van der Waals surface area (Å²) < 4.78 is 20.5. The number of nitrogens with zero attached hydrogens (tertiary/aromatic N) is 2. The summed E-state index contributed by atoms with van der Waals surface area (Å²) in [5.41, 5.74) is 2.62. The van der Waals surface area contributed by atoms with Crippen LogP contribution in [0.3, 0.4) is 0 Å². The van der Waals surface area contributed by atoms with Crippen LogP contribution in [0.4, 0.5) is 10.1 Å². The minimum absolute atomic E-state index is 0.0282. The number of carbonyl (C=O) groups excluding carboxylic acids is 1. The van der Waals surface area contributed by atoms with Crippen LogP contribution in [0, 0.1) is 11.7 Å². The first-order chi connectivity index (χ1) is 14.1. The largest absolute Gasteiger partial charge is 0.489 e. The Balaban J connectivity index is 1.39. The highest BCUT2D eigenvalue weighted by atomic mass is 19.1. The van der Waals surface area contributed by atoms with Crippen LogP contribution < -0.4 is 15.4 Å². The van der Waals surface area contributed by atoms with E-state index in [0.29, 0.717) is 24.6 Å². The van der Waals surface area contributed by atoms with Gasteiger partial charge in [0.25, 0.3) is 0 Å². The Morgan fingerprint density at radius 3 is 2.86 bits per heavy atom. The van der Waals surface area contributed by atoms with E-state index in [1.165, 1.54) is 12.1 Å². The molecule has 1 fully saturated rings. The summed E-state index contributed by atoms with van der Waals surface area (Å²) in [6.45, 7) is 1.71. The topological polar surface area (TPSA) is 68.2 Å². The Morgan fingerprint density at radius 1 is 1.28 bits per heavy atom. The molecule has 0 spiro atoms. The van der Waals surface area contributed by atoms with Crippen LogP contribution in [0.25, 0.3) is 0 Å². The maximum atomic E-state index is 13.0. The Bertz CT molecular complexity index is 986. The van der Waals surface area contributed by atoms with Gasteiger partial charge in [-0.25, -0.2) is 4.39 Å². The maximum Gasteiger partial charge on any atom is 0.229 e. The summed E-state index contributed by atoms with van der Waals surface area (Å²) in [7, 11) is 1.87. The SMILES string of the molecule is Cn1cc([C@H]2CNC[C@@H]2C(=O)Nc2cccc(OCc3ccc(F)cc3)c2)cn1. The summed E-state index contributed by atoms with van der Waals surface area (Å²) in [6.07, 6.45) is 3.78. The molecule has 4 rings (SSSR count). The Labute approximate surface area is 168 Å². The molecule has 2 atom stereocenters. The first-order valence-corrected chi connectivity index (χ1v) is 9.56. The molecule has 1 amide bonds. The molecule has 1 aromatic heterocycles. The van der Waals surface area contributed by atoms with Gasteiger partial charge in [-0.15, -0.1) is 0 Å². The highest BCUT2D eigenvalue weighted by molar-refractivity contribution is 5.93. The van der Waals surface area contributed by atoms with Crippen molar-refractivity contribution >= 4 is 11.6 Å². The quantitative estimate of drug-likeness (QED) is 0.674. The molecule has 2 aromatic carbocycles. The van der Waals surface area contributed by atoms with E-state index in [9.17, 15) is 9.18 Å². The van der Waals surface area contributed by atoms with Gasteiger partial charge in [0.1, 0.15) is 18.2 Å². The van der Waals surface area contributed by atoms with E-state index in [0.717, 1.165) is 17.7 Å². The number of hydrogen-bond acceptors (Lipinski definition) is 4. The van der Waals surface area contributed by atoms with Crippen LogP contribution >= 0.6 is 0 Å². The van der Waals surface area contributed by atoms with Gasteiger partial charge in [0.15, 0.2) is 0 Å². The van der Waals surface area contributed by atoms with Gasteiger partial charge >= 0.3 is 0 Å². The second-order valence-corrected chi connectivity index (χ2v) is 7.25. The molecule has 2 N–H and O–H groups in total. The molecule has 3 aromatic rings. The van der Waals surface area contributed by atoms with Crippen molar-refractivity contribution in [1.82, 2.24) is 15.1 Å². The van der Waals surface area contributed by atoms with Gasteiger partial charge in [-0.2, -0.15) is 5.10 Å². The van der Waals surface area contributed by atoms with Crippen LogP contribution in [0.5, 0.6) is 5.75 Å². The number of amides is 1. The smallest absolute Gasteiger partial charge is 0.229 e.